The van der Waals surface area contributed by atoms with Crippen molar-refractivity contribution in [1.29, 1.82) is 0 Å². The lowest BCUT2D eigenvalue weighted by Crippen LogP contribution is -3.11. The van der Waals surface area contributed by atoms with Crippen molar-refractivity contribution in [2.24, 2.45) is 0 Å². The Kier molecular flexibility index (Phi) is 5.45. The Labute approximate surface area is 190 Å². The number of fused-ring (bicyclic) bond motifs is 3. The van der Waals surface area contributed by atoms with E-state index >= 15 is 0 Å². The van der Waals surface area contributed by atoms with Gasteiger partial charge in [-0.05, 0) is 53.2 Å². The van der Waals surface area contributed by atoms with Gasteiger partial charge in [0.25, 0.3) is 0 Å². The summed E-state index contributed by atoms with van der Waals surface area (Å²) in [6.45, 7) is 4.26. The zero-order chi connectivity index (χ0) is 21.5. The predicted octanol–water partition coefficient (Wildman–Crippen LogP) is 2.13. The number of likely N-dealkylation sites (N-methyl/N-ethyl adjacent to an activating group) is 1. The molecule has 0 spiro atoms. The van der Waals surface area contributed by atoms with E-state index in [9.17, 15) is 4.79 Å². The molecule has 1 N–H and O–H groups in total. The number of likely N-dealkylation sites (tertiary alicyclic amines) is 1. The first-order valence-corrected chi connectivity index (χ1v) is 11.8. The van der Waals surface area contributed by atoms with Gasteiger partial charge in [0.2, 0.25) is 11.1 Å². The van der Waals surface area contributed by atoms with Crippen molar-refractivity contribution in [3.05, 3.63) is 58.6 Å². The molecular weight excluding hydrogens is 432 g/mol. The van der Waals surface area contributed by atoms with Crippen LogP contribution in [0.5, 0.6) is 0 Å². The highest BCUT2D eigenvalue weighted by Gasteiger charge is 2.45. The first kappa shape index (κ1) is 20.5. The molecule has 1 amide bonds. The Balaban J connectivity index is 1.37. The van der Waals surface area contributed by atoms with Crippen LogP contribution in [0.2, 0.25) is 5.02 Å². The van der Waals surface area contributed by atoms with Gasteiger partial charge in [0.15, 0.2) is 0 Å². The molecule has 0 aliphatic carbocycles. The fourth-order valence-corrected chi connectivity index (χ4v) is 5.61. The summed E-state index contributed by atoms with van der Waals surface area (Å²) >= 11 is 7.35. The summed E-state index contributed by atoms with van der Waals surface area (Å²) in [4.78, 5) is 17.0. The van der Waals surface area contributed by atoms with Crippen molar-refractivity contribution < 1.29 is 9.69 Å². The van der Waals surface area contributed by atoms with Crippen LogP contribution in [0, 0.1) is 6.92 Å². The summed E-state index contributed by atoms with van der Waals surface area (Å²) in [7, 11) is 2.24. The van der Waals surface area contributed by atoms with Crippen LogP contribution in [-0.4, -0.2) is 58.0 Å². The molecule has 1 fully saturated rings. The van der Waals surface area contributed by atoms with Gasteiger partial charge in [0.05, 0.1) is 43.5 Å². The number of halogens is 1. The molecule has 0 saturated carbocycles. The number of piperidine rings is 1. The van der Waals surface area contributed by atoms with Crippen LogP contribution >= 0.6 is 23.4 Å². The summed E-state index contributed by atoms with van der Waals surface area (Å²) in [5.41, 5.74) is 4.43. The normalized spacial score (nSPS) is 22.3. The number of nitrogens with one attached hydrogen (secondary N) is 1. The monoisotopic (exact) mass is 455 g/mol. The van der Waals surface area contributed by atoms with Crippen molar-refractivity contribution in [3.63, 3.8) is 0 Å². The molecule has 3 heterocycles. The topological polar surface area (TPSA) is 68.3 Å². The van der Waals surface area contributed by atoms with Gasteiger partial charge in [-0.15, -0.1) is 5.10 Å². The molecule has 31 heavy (non-hydrogen) atoms. The Morgan fingerprint density at radius 3 is 2.87 bits per heavy atom. The van der Waals surface area contributed by atoms with E-state index in [4.69, 9.17) is 11.6 Å². The number of rotatable bonds is 4. The van der Waals surface area contributed by atoms with E-state index in [0.29, 0.717) is 16.1 Å². The third-order valence-corrected chi connectivity index (χ3v) is 7.33. The smallest absolute Gasteiger partial charge is 0.237 e. The SMILES string of the molecule is Cc1ccc2c(c1)[C@H]1C[NH+](C)CC[C@@H]1N2C(=O)CSc1nnnn1-c1ccc(Cl)cc1. The molecule has 0 bridgehead atoms. The van der Waals surface area contributed by atoms with Gasteiger partial charge in [0.1, 0.15) is 0 Å². The third kappa shape index (κ3) is 3.84. The quantitative estimate of drug-likeness (QED) is 0.610. The Bertz CT molecular complexity index is 1120. The standard InChI is InChI=1S/C22H23ClN6OS/c1-14-3-8-19-17(11-14)18-12-27(2)10-9-20(18)28(19)21(30)13-31-22-24-25-26-29(22)16-6-4-15(23)5-7-16/h3-8,11,18,20H,9-10,12-13H2,1-2H3/p+1/t18-,20+/m1/s1. The number of carbonyl (C=O) groups is 1. The highest BCUT2D eigenvalue weighted by molar-refractivity contribution is 7.99. The summed E-state index contributed by atoms with van der Waals surface area (Å²) in [5.74, 6) is 0.789. The van der Waals surface area contributed by atoms with E-state index < -0.39 is 0 Å². The molecular formula is C22H24ClN6OS+. The highest BCUT2D eigenvalue weighted by Crippen LogP contribution is 2.43. The molecule has 1 unspecified atom stereocenters. The highest BCUT2D eigenvalue weighted by atomic mass is 35.5. The minimum Gasteiger partial charge on any atom is -0.337 e. The van der Waals surface area contributed by atoms with Gasteiger partial charge in [-0.1, -0.05) is 41.1 Å². The molecule has 2 aromatic carbocycles. The van der Waals surface area contributed by atoms with Crippen molar-refractivity contribution >= 4 is 35.0 Å². The number of anilines is 1. The van der Waals surface area contributed by atoms with Gasteiger partial charge in [-0.25, -0.2) is 0 Å². The number of amides is 1. The minimum atomic E-state index is 0.104. The number of tetrazole rings is 1. The molecule has 1 saturated heterocycles. The van der Waals surface area contributed by atoms with Gasteiger partial charge >= 0.3 is 0 Å². The number of quaternary nitrogens is 1. The van der Waals surface area contributed by atoms with E-state index in [1.807, 2.05) is 17.0 Å². The average Bonchev–Trinajstić information content (AvgIpc) is 3.35. The zero-order valence-electron chi connectivity index (χ0n) is 17.5. The van der Waals surface area contributed by atoms with Crippen LogP contribution in [0.4, 0.5) is 5.69 Å². The maximum atomic E-state index is 13.4. The molecule has 7 nitrogen and oxygen atoms in total. The van der Waals surface area contributed by atoms with Crippen LogP contribution < -0.4 is 9.80 Å². The van der Waals surface area contributed by atoms with Crippen LogP contribution in [0.3, 0.4) is 0 Å². The number of hydrogen-bond acceptors (Lipinski definition) is 5. The maximum Gasteiger partial charge on any atom is 0.237 e. The number of nitrogens with zero attached hydrogens (tertiary/aromatic N) is 5. The largest absolute Gasteiger partial charge is 0.337 e. The summed E-state index contributed by atoms with van der Waals surface area (Å²) in [5, 5.41) is 13.2. The first-order chi connectivity index (χ1) is 15.0. The number of carbonyl (C=O) groups excluding carboxylic acids is 1. The molecule has 2 aliphatic rings. The number of aromatic nitrogens is 4. The van der Waals surface area contributed by atoms with Crippen LogP contribution in [0.1, 0.15) is 23.5 Å². The second-order valence-electron chi connectivity index (χ2n) is 8.34. The molecule has 3 aromatic rings. The Morgan fingerprint density at radius 2 is 2.06 bits per heavy atom. The third-order valence-electron chi connectivity index (χ3n) is 6.18. The van der Waals surface area contributed by atoms with E-state index in [0.717, 1.165) is 30.9 Å². The molecule has 2 aliphatic heterocycles. The lowest BCUT2D eigenvalue weighted by molar-refractivity contribution is -0.886. The van der Waals surface area contributed by atoms with Crippen molar-refractivity contribution in [1.82, 2.24) is 20.2 Å². The van der Waals surface area contributed by atoms with Gasteiger partial charge in [-0.2, -0.15) is 4.68 Å². The maximum absolute atomic E-state index is 13.4. The van der Waals surface area contributed by atoms with Crippen LogP contribution in [0.25, 0.3) is 5.69 Å². The molecule has 9 heteroatoms. The Morgan fingerprint density at radius 1 is 1.26 bits per heavy atom. The fourth-order valence-electron chi connectivity index (χ4n) is 4.73. The minimum absolute atomic E-state index is 0.104. The van der Waals surface area contributed by atoms with Crippen LogP contribution in [0.15, 0.2) is 47.6 Å². The average molecular weight is 456 g/mol. The van der Waals surface area contributed by atoms with E-state index in [2.05, 4.69) is 47.7 Å². The van der Waals surface area contributed by atoms with E-state index in [1.165, 1.54) is 27.8 Å². The lowest BCUT2D eigenvalue weighted by Gasteiger charge is -2.34. The fraction of sp³-hybridized carbons (Fsp3) is 0.364. The van der Waals surface area contributed by atoms with Crippen molar-refractivity contribution in [2.75, 3.05) is 30.8 Å². The number of aryl methyl sites for hydroxylation is 1. The van der Waals surface area contributed by atoms with E-state index in [1.54, 1.807) is 16.8 Å². The molecule has 3 atom stereocenters. The predicted molar refractivity (Wildman–Crippen MR) is 121 cm³/mol. The summed E-state index contributed by atoms with van der Waals surface area (Å²) < 4.78 is 1.64. The molecule has 5 rings (SSSR count). The van der Waals surface area contributed by atoms with E-state index in [-0.39, 0.29) is 17.7 Å². The second-order valence-corrected chi connectivity index (χ2v) is 9.72. The van der Waals surface area contributed by atoms with Crippen molar-refractivity contribution in [3.8, 4) is 5.69 Å². The summed E-state index contributed by atoms with van der Waals surface area (Å²) in [6.07, 6.45) is 1.02. The number of benzene rings is 2. The second kappa shape index (κ2) is 8.26. The molecule has 160 valence electrons. The van der Waals surface area contributed by atoms with Gasteiger partial charge in [0, 0.05) is 17.1 Å². The Hall–Kier alpha value is -2.42. The first-order valence-electron chi connectivity index (χ1n) is 10.4. The number of hydrogen-bond donors (Lipinski definition) is 1. The van der Waals surface area contributed by atoms with Crippen molar-refractivity contribution in [2.45, 2.75) is 30.5 Å². The number of thioether (sulfide) groups is 1. The lowest BCUT2D eigenvalue weighted by atomic mass is 9.89. The zero-order valence-corrected chi connectivity index (χ0v) is 19.0. The summed E-state index contributed by atoms with van der Waals surface area (Å²) in [6, 6.07) is 14.0. The van der Waals surface area contributed by atoms with Gasteiger partial charge in [-0.3, -0.25) is 4.79 Å². The van der Waals surface area contributed by atoms with Crippen LogP contribution in [-0.2, 0) is 4.79 Å². The van der Waals surface area contributed by atoms with Gasteiger partial charge < -0.3 is 9.80 Å². The molecule has 0 radical (unpaired) electrons. The molecule has 1 aromatic heterocycles.